The van der Waals surface area contributed by atoms with Gasteiger partial charge in [-0.2, -0.15) is 13.2 Å². The minimum atomic E-state index is -4.61. The summed E-state index contributed by atoms with van der Waals surface area (Å²) in [5, 5.41) is 13.6. The summed E-state index contributed by atoms with van der Waals surface area (Å²) in [7, 11) is 0. The fourth-order valence-electron chi connectivity index (χ4n) is 2.15. The summed E-state index contributed by atoms with van der Waals surface area (Å²) in [6.07, 6.45) is -0.394. The molecule has 1 N–H and O–H groups in total. The van der Waals surface area contributed by atoms with Crippen LogP contribution in [0, 0.1) is 10.1 Å². The Morgan fingerprint density at radius 1 is 1.37 bits per heavy atom. The molecular formula is C11H12F3N3O2. The summed E-state index contributed by atoms with van der Waals surface area (Å²) in [5.41, 5.74) is -1.67. The average Bonchev–Trinajstić information content (AvgIpc) is 2.80. The van der Waals surface area contributed by atoms with Gasteiger partial charge in [0.1, 0.15) is 17.6 Å². The van der Waals surface area contributed by atoms with E-state index in [1.807, 2.05) is 0 Å². The lowest BCUT2D eigenvalue weighted by atomic mass is 10.2. The molecule has 2 rings (SSSR count). The van der Waals surface area contributed by atoms with Crippen LogP contribution in [0.4, 0.5) is 24.5 Å². The van der Waals surface area contributed by atoms with Gasteiger partial charge in [-0.1, -0.05) is 12.8 Å². The van der Waals surface area contributed by atoms with Gasteiger partial charge in [0.2, 0.25) is 0 Å². The van der Waals surface area contributed by atoms with Crippen molar-refractivity contribution >= 4 is 11.4 Å². The Labute approximate surface area is 107 Å². The lowest BCUT2D eigenvalue weighted by Gasteiger charge is -2.14. The van der Waals surface area contributed by atoms with Gasteiger partial charge >= 0.3 is 11.9 Å². The first-order chi connectivity index (χ1) is 8.88. The van der Waals surface area contributed by atoms with Crippen LogP contribution in [0.5, 0.6) is 0 Å². The van der Waals surface area contributed by atoms with Crippen LogP contribution in [0.3, 0.4) is 0 Å². The molecule has 1 aromatic heterocycles. The number of hydrogen-bond donors (Lipinski definition) is 1. The van der Waals surface area contributed by atoms with Crippen LogP contribution in [-0.4, -0.2) is 15.9 Å². The number of anilines is 1. The Morgan fingerprint density at radius 3 is 2.53 bits per heavy atom. The van der Waals surface area contributed by atoms with Gasteiger partial charge in [0, 0.05) is 6.04 Å². The van der Waals surface area contributed by atoms with E-state index >= 15 is 0 Å². The summed E-state index contributed by atoms with van der Waals surface area (Å²) in [4.78, 5) is 13.2. The van der Waals surface area contributed by atoms with E-state index in [-0.39, 0.29) is 11.7 Å². The minimum Gasteiger partial charge on any atom is -0.377 e. The maximum absolute atomic E-state index is 12.6. The van der Waals surface area contributed by atoms with Gasteiger partial charge in [-0.3, -0.25) is 10.1 Å². The molecule has 8 heteroatoms. The summed E-state index contributed by atoms with van der Waals surface area (Å²) in [6, 6.07) is 0.693. The first-order valence-electron chi connectivity index (χ1n) is 5.86. The van der Waals surface area contributed by atoms with Crippen LogP contribution in [0.15, 0.2) is 12.3 Å². The monoisotopic (exact) mass is 275 g/mol. The highest BCUT2D eigenvalue weighted by atomic mass is 19.4. The summed E-state index contributed by atoms with van der Waals surface area (Å²) in [6.45, 7) is 0. The maximum Gasteiger partial charge on any atom is 0.433 e. The predicted molar refractivity (Wildman–Crippen MR) is 61.8 cm³/mol. The lowest BCUT2D eigenvalue weighted by Crippen LogP contribution is -2.17. The van der Waals surface area contributed by atoms with E-state index in [2.05, 4.69) is 10.3 Å². The molecule has 0 amide bonds. The van der Waals surface area contributed by atoms with E-state index in [0.29, 0.717) is 12.3 Å². The van der Waals surface area contributed by atoms with E-state index in [0.717, 1.165) is 25.7 Å². The fourth-order valence-corrected chi connectivity index (χ4v) is 2.15. The van der Waals surface area contributed by atoms with Crippen molar-refractivity contribution in [1.82, 2.24) is 4.98 Å². The topological polar surface area (TPSA) is 68.1 Å². The summed E-state index contributed by atoms with van der Waals surface area (Å²) < 4.78 is 37.7. The number of rotatable bonds is 3. The van der Waals surface area contributed by atoms with Gasteiger partial charge in [0.15, 0.2) is 0 Å². The molecule has 5 nitrogen and oxygen atoms in total. The maximum atomic E-state index is 12.6. The molecule has 1 aromatic rings. The molecule has 0 aromatic carbocycles. The molecule has 1 aliphatic carbocycles. The second-order valence-corrected chi connectivity index (χ2v) is 4.47. The van der Waals surface area contributed by atoms with Crippen molar-refractivity contribution in [2.24, 2.45) is 0 Å². The van der Waals surface area contributed by atoms with Crippen LogP contribution in [0.1, 0.15) is 31.4 Å². The van der Waals surface area contributed by atoms with Gasteiger partial charge in [0.05, 0.1) is 4.92 Å². The van der Waals surface area contributed by atoms with Gasteiger partial charge in [0.25, 0.3) is 0 Å². The smallest absolute Gasteiger partial charge is 0.377 e. The first kappa shape index (κ1) is 13.6. The standard InChI is InChI=1S/C11H12F3N3O2/c12-11(13,14)10-5-8(9(6-15-10)17(18)19)16-7-3-1-2-4-7/h5-7H,1-4H2,(H,15,16). The van der Waals surface area contributed by atoms with E-state index in [1.54, 1.807) is 0 Å². The number of aromatic nitrogens is 1. The van der Waals surface area contributed by atoms with Gasteiger partial charge in [-0.05, 0) is 18.9 Å². The average molecular weight is 275 g/mol. The minimum absolute atomic E-state index is 0.0119. The second kappa shape index (κ2) is 5.02. The molecule has 1 heterocycles. The number of pyridine rings is 1. The fraction of sp³-hybridized carbons (Fsp3) is 0.545. The molecule has 1 saturated carbocycles. The van der Waals surface area contributed by atoms with Gasteiger partial charge in [-0.15, -0.1) is 0 Å². The number of nitro groups is 1. The third-order valence-corrected chi connectivity index (χ3v) is 3.08. The number of nitrogens with one attached hydrogen (secondary N) is 1. The van der Waals surface area contributed by atoms with Crippen molar-refractivity contribution in [3.63, 3.8) is 0 Å². The normalized spacial score (nSPS) is 16.6. The molecular weight excluding hydrogens is 263 g/mol. The zero-order valence-corrected chi connectivity index (χ0v) is 9.91. The molecule has 0 saturated heterocycles. The molecule has 1 aliphatic rings. The lowest BCUT2D eigenvalue weighted by molar-refractivity contribution is -0.384. The number of alkyl halides is 3. The third-order valence-electron chi connectivity index (χ3n) is 3.08. The Bertz CT molecular complexity index is 485. The van der Waals surface area contributed by atoms with E-state index in [9.17, 15) is 23.3 Å². The molecule has 0 spiro atoms. The van der Waals surface area contributed by atoms with Crippen LogP contribution in [-0.2, 0) is 6.18 Å². The predicted octanol–water partition coefficient (Wildman–Crippen LogP) is 3.36. The quantitative estimate of drug-likeness (QED) is 0.678. The van der Waals surface area contributed by atoms with Gasteiger partial charge in [-0.25, -0.2) is 4.98 Å². The Morgan fingerprint density at radius 2 is 2.00 bits per heavy atom. The van der Waals surface area contributed by atoms with Crippen molar-refractivity contribution in [1.29, 1.82) is 0 Å². The number of hydrogen-bond acceptors (Lipinski definition) is 4. The van der Waals surface area contributed by atoms with Gasteiger partial charge < -0.3 is 5.32 Å². The second-order valence-electron chi connectivity index (χ2n) is 4.47. The molecule has 0 bridgehead atoms. The summed E-state index contributed by atoms with van der Waals surface area (Å²) in [5.74, 6) is 0. The molecule has 19 heavy (non-hydrogen) atoms. The largest absolute Gasteiger partial charge is 0.433 e. The van der Waals surface area contributed by atoms with E-state index in [4.69, 9.17) is 0 Å². The highest BCUT2D eigenvalue weighted by molar-refractivity contribution is 5.61. The molecule has 0 radical (unpaired) electrons. The Balaban J connectivity index is 2.32. The van der Waals surface area contributed by atoms with Crippen LogP contribution in [0.2, 0.25) is 0 Å². The Kier molecular flexibility index (Phi) is 3.59. The Hall–Kier alpha value is -1.86. The number of nitrogens with zero attached hydrogens (tertiary/aromatic N) is 2. The molecule has 0 aliphatic heterocycles. The number of halogens is 3. The van der Waals surface area contributed by atoms with Crippen molar-refractivity contribution in [2.75, 3.05) is 5.32 Å². The van der Waals surface area contributed by atoms with Crippen LogP contribution >= 0.6 is 0 Å². The zero-order valence-electron chi connectivity index (χ0n) is 9.91. The molecule has 0 atom stereocenters. The first-order valence-corrected chi connectivity index (χ1v) is 5.86. The van der Waals surface area contributed by atoms with Crippen molar-refractivity contribution in [3.8, 4) is 0 Å². The highest BCUT2D eigenvalue weighted by Gasteiger charge is 2.34. The third kappa shape index (κ3) is 3.12. The van der Waals surface area contributed by atoms with E-state index < -0.39 is 22.5 Å². The molecule has 1 fully saturated rings. The van der Waals surface area contributed by atoms with Crippen molar-refractivity contribution < 1.29 is 18.1 Å². The van der Waals surface area contributed by atoms with Crippen LogP contribution in [0.25, 0.3) is 0 Å². The SMILES string of the molecule is O=[N+]([O-])c1cnc(C(F)(F)F)cc1NC1CCCC1. The molecule has 104 valence electrons. The van der Waals surface area contributed by atoms with Crippen molar-refractivity contribution in [3.05, 3.63) is 28.1 Å². The molecule has 0 unspecified atom stereocenters. The zero-order chi connectivity index (χ0) is 14.0. The summed E-state index contributed by atoms with van der Waals surface area (Å²) >= 11 is 0. The van der Waals surface area contributed by atoms with E-state index in [1.165, 1.54) is 0 Å². The van der Waals surface area contributed by atoms with Crippen molar-refractivity contribution in [2.45, 2.75) is 37.9 Å². The van der Waals surface area contributed by atoms with Crippen LogP contribution < -0.4 is 5.32 Å². The highest BCUT2D eigenvalue weighted by Crippen LogP contribution is 2.34.